The maximum Gasteiger partial charge on any atom is 0.243 e. The highest BCUT2D eigenvalue weighted by atomic mass is 32.2. The highest BCUT2D eigenvalue weighted by Gasteiger charge is 2.40. The Bertz CT molecular complexity index is 1070. The summed E-state index contributed by atoms with van der Waals surface area (Å²) in [6.07, 6.45) is 1.03. The minimum absolute atomic E-state index is 0.101. The third-order valence-corrected chi connectivity index (χ3v) is 7.17. The van der Waals surface area contributed by atoms with Crippen molar-refractivity contribution in [3.63, 3.8) is 0 Å². The number of fused-ring (bicyclic) bond motifs is 1. The molecule has 1 aliphatic heterocycles. The molecule has 1 N–H and O–H groups in total. The van der Waals surface area contributed by atoms with Crippen LogP contribution in [0.4, 0.5) is 0 Å². The largest absolute Gasteiger partial charge is 0.390 e. The molecule has 4 rings (SSSR count). The molecule has 1 aromatic heterocycles. The molecule has 28 heavy (non-hydrogen) atoms. The number of aliphatic hydroxyl groups is 1. The second-order valence-corrected chi connectivity index (χ2v) is 9.11. The van der Waals surface area contributed by atoms with Gasteiger partial charge in [-0.05, 0) is 36.9 Å². The van der Waals surface area contributed by atoms with Crippen molar-refractivity contribution in [1.29, 1.82) is 0 Å². The van der Waals surface area contributed by atoms with Gasteiger partial charge in [-0.15, -0.1) is 0 Å². The third-order valence-electron chi connectivity index (χ3n) is 5.33. The topological polar surface area (TPSA) is 73.7 Å². The fourth-order valence-corrected chi connectivity index (χ4v) is 5.29. The minimum atomic E-state index is -3.61. The van der Waals surface area contributed by atoms with Gasteiger partial charge in [0.15, 0.2) is 0 Å². The van der Waals surface area contributed by atoms with Crippen LogP contribution in [0.5, 0.6) is 0 Å². The normalized spacial score (nSPS) is 20.8. The van der Waals surface area contributed by atoms with Crippen molar-refractivity contribution >= 4 is 20.9 Å². The molecule has 0 aliphatic carbocycles. The summed E-state index contributed by atoms with van der Waals surface area (Å²) in [7, 11) is -1.69. The summed E-state index contributed by atoms with van der Waals surface area (Å²) in [5.41, 5.74) is 2.03. The fraction of sp³-hybridized carbons (Fsp3) is 0.286. The van der Waals surface area contributed by atoms with Gasteiger partial charge >= 0.3 is 0 Å². The standard InChI is InChI=1S/C21H23N3O3S/c1-23(13-16-7-5-11-19-18(16)10-6-12-22-19)20-14-24(15-21(20)25)28(26,27)17-8-3-2-4-9-17/h2-12,20-21,25H,13-15H2,1H3/t20-,21-/m0/s1. The molecule has 0 radical (unpaired) electrons. The molecule has 0 saturated carbocycles. The predicted octanol–water partition coefficient (Wildman–Crippen LogP) is 2.10. The summed E-state index contributed by atoms with van der Waals surface area (Å²) in [5.74, 6) is 0. The number of hydrogen-bond donors (Lipinski definition) is 1. The molecule has 1 aliphatic rings. The molecule has 0 bridgehead atoms. The van der Waals surface area contributed by atoms with E-state index in [1.54, 1.807) is 36.5 Å². The summed E-state index contributed by atoms with van der Waals surface area (Å²) in [6, 6.07) is 18.0. The number of sulfonamides is 1. The van der Waals surface area contributed by atoms with Gasteiger partial charge in [-0.25, -0.2) is 8.42 Å². The lowest BCUT2D eigenvalue weighted by atomic mass is 10.1. The van der Waals surface area contributed by atoms with E-state index in [0.29, 0.717) is 6.54 Å². The van der Waals surface area contributed by atoms with Crippen molar-refractivity contribution in [2.45, 2.75) is 23.6 Å². The van der Waals surface area contributed by atoms with E-state index < -0.39 is 16.1 Å². The monoisotopic (exact) mass is 397 g/mol. The van der Waals surface area contributed by atoms with E-state index in [2.05, 4.69) is 4.98 Å². The van der Waals surface area contributed by atoms with Gasteiger partial charge in [0.25, 0.3) is 0 Å². The second-order valence-electron chi connectivity index (χ2n) is 7.17. The van der Waals surface area contributed by atoms with Crippen LogP contribution in [0.1, 0.15) is 5.56 Å². The second kappa shape index (κ2) is 7.60. The first-order chi connectivity index (χ1) is 13.5. The Balaban J connectivity index is 1.53. The molecular formula is C21H23N3O3S. The van der Waals surface area contributed by atoms with E-state index in [1.165, 1.54) is 4.31 Å². The van der Waals surface area contributed by atoms with Gasteiger partial charge in [0, 0.05) is 31.2 Å². The van der Waals surface area contributed by atoms with Gasteiger partial charge < -0.3 is 5.11 Å². The van der Waals surface area contributed by atoms with E-state index >= 15 is 0 Å². The van der Waals surface area contributed by atoms with Gasteiger partial charge in [-0.1, -0.05) is 36.4 Å². The van der Waals surface area contributed by atoms with Crippen LogP contribution in [-0.2, 0) is 16.6 Å². The Morgan fingerprint density at radius 2 is 1.86 bits per heavy atom. The Morgan fingerprint density at radius 3 is 2.64 bits per heavy atom. The summed E-state index contributed by atoms with van der Waals surface area (Å²) in [4.78, 5) is 6.66. The van der Waals surface area contributed by atoms with Crippen LogP contribution in [0.2, 0.25) is 0 Å². The summed E-state index contributed by atoms with van der Waals surface area (Å²) < 4.78 is 27.1. The maximum atomic E-state index is 12.9. The van der Waals surface area contributed by atoms with Crippen LogP contribution in [0, 0.1) is 0 Å². The third kappa shape index (κ3) is 3.54. The Labute approximate surface area is 165 Å². The van der Waals surface area contributed by atoms with E-state index in [4.69, 9.17) is 0 Å². The van der Waals surface area contributed by atoms with Crippen molar-refractivity contribution in [3.8, 4) is 0 Å². The van der Waals surface area contributed by atoms with Crippen molar-refractivity contribution in [2.75, 3.05) is 20.1 Å². The number of β-amino-alcohol motifs (C(OH)–C–C–N with tert-alkyl or cyclic N) is 1. The average molecular weight is 398 g/mol. The van der Waals surface area contributed by atoms with E-state index in [9.17, 15) is 13.5 Å². The number of hydrogen-bond acceptors (Lipinski definition) is 5. The molecule has 3 aromatic rings. The number of pyridine rings is 1. The number of aromatic nitrogens is 1. The maximum absolute atomic E-state index is 12.9. The zero-order valence-corrected chi connectivity index (χ0v) is 16.5. The molecule has 0 unspecified atom stereocenters. The van der Waals surface area contributed by atoms with Gasteiger partial charge in [0.05, 0.1) is 22.6 Å². The van der Waals surface area contributed by atoms with Crippen LogP contribution in [0.15, 0.2) is 71.8 Å². The van der Waals surface area contributed by atoms with E-state index in [0.717, 1.165) is 16.5 Å². The average Bonchev–Trinajstić information content (AvgIpc) is 3.11. The predicted molar refractivity (Wildman–Crippen MR) is 108 cm³/mol. The van der Waals surface area contributed by atoms with Gasteiger partial charge in [0.1, 0.15) is 0 Å². The highest BCUT2D eigenvalue weighted by Crippen LogP contribution is 2.25. The first kappa shape index (κ1) is 19.0. The Hall–Kier alpha value is -2.32. The number of aliphatic hydroxyl groups excluding tert-OH is 1. The minimum Gasteiger partial charge on any atom is -0.390 e. The van der Waals surface area contributed by atoms with Crippen LogP contribution in [-0.4, -0.2) is 60.0 Å². The number of rotatable bonds is 5. The molecule has 2 aromatic carbocycles. The van der Waals surface area contributed by atoms with Crippen LogP contribution in [0.3, 0.4) is 0 Å². The lowest BCUT2D eigenvalue weighted by molar-refractivity contribution is 0.0955. The summed E-state index contributed by atoms with van der Waals surface area (Å²) in [6.45, 7) is 0.964. The molecule has 0 amide bonds. The summed E-state index contributed by atoms with van der Waals surface area (Å²) in [5, 5.41) is 11.6. The molecule has 1 fully saturated rings. The number of likely N-dealkylation sites (N-methyl/N-ethyl adjacent to an activating group) is 1. The van der Waals surface area contributed by atoms with E-state index in [-0.39, 0.29) is 24.0 Å². The van der Waals surface area contributed by atoms with Gasteiger partial charge in [-0.2, -0.15) is 4.31 Å². The zero-order valence-electron chi connectivity index (χ0n) is 15.6. The Kier molecular flexibility index (Phi) is 5.16. The van der Waals surface area contributed by atoms with Gasteiger partial charge in [0.2, 0.25) is 10.0 Å². The van der Waals surface area contributed by atoms with Gasteiger partial charge in [-0.3, -0.25) is 9.88 Å². The van der Waals surface area contributed by atoms with Crippen molar-refractivity contribution < 1.29 is 13.5 Å². The first-order valence-corrected chi connectivity index (χ1v) is 10.7. The number of nitrogens with zero attached hydrogens (tertiary/aromatic N) is 3. The quantitative estimate of drug-likeness (QED) is 0.714. The van der Waals surface area contributed by atoms with Crippen molar-refractivity contribution in [1.82, 2.24) is 14.2 Å². The number of benzene rings is 2. The SMILES string of the molecule is CN(Cc1cccc2ncccc12)[C@H]1CN(S(=O)(=O)c2ccccc2)C[C@@H]1O. The molecule has 6 nitrogen and oxygen atoms in total. The molecule has 2 atom stereocenters. The molecule has 1 saturated heterocycles. The highest BCUT2D eigenvalue weighted by molar-refractivity contribution is 7.89. The molecule has 0 spiro atoms. The molecule has 146 valence electrons. The lowest BCUT2D eigenvalue weighted by Gasteiger charge is -2.27. The molecule has 2 heterocycles. The van der Waals surface area contributed by atoms with E-state index in [1.807, 2.05) is 42.3 Å². The molecular weight excluding hydrogens is 374 g/mol. The first-order valence-electron chi connectivity index (χ1n) is 9.23. The van der Waals surface area contributed by atoms with Crippen LogP contribution in [0.25, 0.3) is 10.9 Å². The summed E-state index contributed by atoms with van der Waals surface area (Å²) >= 11 is 0. The van der Waals surface area contributed by atoms with Crippen molar-refractivity contribution in [3.05, 3.63) is 72.4 Å². The molecule has 7 heteroatoms. The Morgan fingerprint density at radius 1 is 1.07 bits per heavy atom. The van der Waals surface area contributed by atoms with Crippen molar-refractivity contribution in [2.24, 2.45) is 0 Å². The van der Waals surface area contributed by atoms with Crippen LogP contribution < -0.4 is 0 Å². The van der Waals surface area contributed by atoms with Crippen LogP contribution >= 0.6 is 0 Å². The zero-order chi connectivity index (χ0) is 19.7. The fourth-order valence-electron chi connectivity index (χ4n) is 3.80. The smallest absolute Gasteiger partial charge is 0.243 e. The lowest BCUT2D eigenvalue weighted by Crippen LogP contribution is -2.40.